The van der Waals surface area contributed by atoms with Gasteiger partial charge >= 0.3 is 0 Å². The fraction of sp³-hybridized carbons (Fsp3) is 0.483. The van der Waals surface area contributed by atoms with Crippen LogP contribution < -0.4 is 14.8 Å². The molecule has 0 unspecified atom stereocenters. The molecule has 0 spiro atoms. The van der Waals surface area contributed by atoms with Crippen LogP contribution in [0.5, 0.6) is 11.5 Å². The SMILES string of the molecule is CCOC(OCC)c1ccc(C=C2C[C@@H](c3ccc(OC)c(OC4CCCC4)c3)CNC2=O)cc1. The van der Waals surface area contributed by atoms with Crippen molar-refractivity contribution >= 4 is 12.0 Å². The van der Waals surface area contributed by atoms with E-state index in [9.17, 15) is 4.79 Å². The Labute approximate surface area is 208 Å². The first kappa shape index (κ1) is 25.3. The van der Waals surface area contributed by atoms with Gasteiger partial charge in [0, 0.05) is 36.8 Å². The lowest BCUT2D eigenvalue weighted by atomic mass is 9.87. The average molecular weight is 480 g/mol. The molecule has 6 nitrogen and oxygen atoms in total. The molecule has 1 N–H and O–H groups in total. The molecule has 1 aliphatic carbocycles. The molecule has 0 bridgehead atoms. The summed E-state index contributed by atoms with van der Waals surface area (Å²) in [6.07, 6.45) is 7.15. The van der Waals surface area contributed by atoms with Crippen molar-refractivity contribution in [2.24, 2.45) is 0 Å². The van der Waals surface area contributed by atoms with Gasteiger partial charge in [-0.3, -0.25) is 4.79 Å². The van der Waals surface area contributed by atoms with Crippen LogP contribution in [0.1, 0.15) is 74.8 Å². The van der Waals surface area contributed by atoms with E-state index < -0.39 is 0 Å². The molecule has 6 heteroatoms. The number of hydrogen-bond acceptors (Lipinski definition) is 5. The molecule has 4 rings (SSSR count). The van der Waals surface area contributed by atoms with Gasteiger partial charge in [-0.2, -0.15) is 0 Å². The van der Waals surface area contributed by atoms with Gasteiger partial charge in [0.05, 0.1) is 13.2 Å². The quantitative estimate of drug-likeness (QED) is 0.346. The number of benzene rings is 2. The molecule has 35 heavy (non-hydrogen) atoms. The van der Waals surface area contributed by atoms with Crippen molar-refractivity contribution in [2.75, 3.05) is 26.9 Å². The normalized spacial score (nSPS) is 19.8. The fourth-order valence-corrected chi connectivity index (χ4v) is 4.84. The number of carbonyl (C=O) groups excluding carboxylic acids is 1. The van der Waals surface area contributed by atoms with Crippen molar-refractivity contribution in [2.45, 2.75) is 64.3 Å². The highest BCUT2D eigenvalue weighted by atomic mass is 16.7. The topological polar surface area (TPSA) is 66.0 Å². The minimum atomic E-state index is -0.371. The van der Waals surface area contributed by atoms with Crippen molar-refractivity contribution < 1.29 is 23.7 Å². The summed E-state index contributed by atoms with van der Waals surface area (Å²) in [4.78, 5) is 12.7. The van der Waals surface area contributed by atoms with Gasteiger partial charge in [-0.1, -0.05) is 30.3 Å². The number of piperidine rings is 1. The second kappa shape index (κ2) is 12.2. The van der Waals surface area contributed by atoms with Crippen LogP contribution in [0.15, 0.2) is 48.0 Å². The van der Waals surface area contributed by atoms with Crippen molar-refractivity contribution in [3.05, 3.63) is 64.7 Å². The Morgan fingerprint density at radius 2 is 1.71 bits per heavy atom. The molecule has 2 aromatic rings. The monoisotopic (exact) mass is 479 g/mol. The minimum Gasteiger partial charge on any atom is -0.493 e. The predicted octanol–water partition coefficient (Wildman–Crippen LogP) is 5.78. The first-order valence-corrected chi connectivity index (χ1v) is 12.8. The first-order valence-electron chi connectivity index (χ1n) is 12.8. The second-order valence-corrected chi connectivity index (χ2v) is 9.12. The number of methoxy groups -OCH3 is 1. The zero-order valence-electron chi connectivity index (χ0n) is 21.0. The van der Waals surface area contributed by atoms with Gasteiger partial charge in [-0.05, 0) is 75.3 Å². The van der Waals surface area contributed by atoms with E-state index >= 15 is 0 Å². The van der Waals surface area contributed by atoms with E-state index in [0.717, 1.165) is 46.6 Å². The Bertz CT molecular complexity index is 1000. The van der Waals surface area contributed by atoms with Crippen LogP contribution >= 0.6 is 0 Å². The van der Waals surface area contributed by atoms with Gasteiger partial charge in [0.25, 0.3) is 0 Å². The number of rotatable bonds is 10. The van der Waals surface area contributed by atoms with Crippen LogP contribution in [0.4, 0.5) is 0 Å². The predicted molar refractivity (Wildman–Crippen MR) is 137 cm³/mol. The lowest BCUT2D eigenvalue weighted by molar-refractivity contribution is -0.140. The molecule has 1 heterocycles. The molecule has 2 aromatic carbocycles. The number of carbonyl (C=O) groups is 1. The van der Waals surface area contributed by atoms with Gasteiger partial charge in [0.15, 0.2) is 17.8 Å². The van der Waals surface area contributed by atoms with Crippen molar-refractivity contribution in [1.29, 1.82) is 0 Å². The summed E-state index contributed by atoms with van der Waals surface area (Å²) in [5.41, 5.74) is 3.87. The van der Waals surface area contributed by atoms with Gasteiger partial charge in [-0.25, -0.2) is 0 Å². The largest absolute Gasteiger partial charge is 0.493 e. The molecule has 1 saturated carbocycles. The van der Waals surface area contributed by atoms with Crippen LogP contribution in [0.25, 0.3) is 6.08 Å². The molecule has 2 fully saturated rings. The van der Waals surface area contributed by atoms with Gasteiger partial charge in [0.2, 0.25) is 5.91 Å². The third-order valence-corrected chi connectivity index (χ3v) is 6.71. The van der Waals surface area contributed by atoms with Crippen LogP contribution in [0.2, 0.25) is 0 Å². The average Bonchev–Trinajstić information content (AvgIpc) is 3.39. The lowest BCUT2D eigenvalue weighted by Gasteiger charge is -2.26. The molecule has 1 aliphatic heterocycles. The molecular formula is C29H37NO5. The molecular weight excluding hydrogens is 442 g/mol. The molecule has 1 amide bonds. The third-order valence-electron chi connectivity index (χ3n) is 6.71. The summed E-state index contributed by atoms with van der Waals surface area (Å²) >= 11 is 0. The molecule has 1 saturated heterocycles. The van der Waals surface area contributed by atoms with E-state index in [1.807, 2.05) is 50.3 Å². The number of amides is 1. The maximum atomic E-state index is 12.7. The van der Waals surface area contributed by atoms with E-state index in [-0.39, 0.29) is 24.2 Å². The van der Waals surface area contributed by atoms with Crippen LogP contribution in [-0.4, -0.2) is 38.9 Å². The Morgan fingerprint density at radius 3 is 2.37 bits per heavy atom. The Morgan fingerprint density at radius 1 is 1.00 bits per heavy atom. The molecule has 2 aliphatic rings. The molecule has 1 atom stereocenters. The second-order valence-electron chi connectivity index (χ2n) is 9.12. The molecule has 0 aromatic heterocycles. The van der Waals surface area contributed by atoms with Gasteiger partial charge < -0.3 is 24.3 Å². The summed E-state index contributed by atoms with van der Waals surface area (Å²) in [7, 11) is 1.68. The highest BCUT2D eigenvalue weighted by Gasteiger charge is 2.26. The highest BCUT2D eigenvalue weighted by Crippen LogP contribution is 2.36. The van der Waals surface area contributed by atoms with Crippen LogP contribution in [-0.2, 0) is 14.3 Å². The summed E-state index contributed by atoms with van der Waals surface area (Å²) in [5.74, 6) is 1.72. The van der Waals surface area contributed by atoms with Gasteiger partial charge in [-0.15, -0.1) is 0 Å². The Balaban J connectivity index is 1.50. The highest BCUT2D eigenvalue weighted by molar-refractivity contribution is 5.98. The van der Waals surface area contributed by atoms with Crippen molar-refractivity contribution in [1.82, 2.24) is 5.32 Å². The Kier molecular flexibility index (Phi) is 8.83. The summed E-state index contributed by atoms with van der Waals surface area (Å²) < 4.78 is 23.2. The van der Waals surface area contributed by atoms with Crippen LogP contribution in [0, 0.1) is 0 Å². The summed E-state index contributed by atoms with van der Waals surface area (Å²) in [5, 5.41) is 3.07. The number of ether oxygens (including phenoxy) is 4. The van der Waals surface area contributed by atoms with E-state index in [2.05, 4.69) is 17.4 Å². The lowest BCUT2D eigenvalue weighted by Crippen LogP contribution is -2.35. The van der Waals surface area contributed by atoms with Crippen molar-refractivity contribution in [3.63, 3.8) is 0 Å². The first-order chi connectivity index (χ1) is 17.1. The van der Waals surface area contributed by atoms with E-state index in [1.54, 1.807) is 7.11 Å². The summed E-state index contributed by atoms with van der Waals surface area (Å²) in [6.45, 7) is 5.67. The smallest absolute Gasteiger partial charge is 0.247 e. The Hall–Kier alpha value is -2.83. The van der Waals surface area contributed by atoms with Crippen molar-refractivity contribution in [3.8, 4) is 11.5 Å². The molecule has 188 valence electrons. The summed E-state index contributed by atoms with van der Waals surface area (Å²) in [6, 6.07) is 14.2. The third kappa shape index (κ3) is 6.44. The fourth-order valence-electron chi connectivity index (χ4n) is 4.84. The maximum Gasteiger partial charge on any atom is 0.247 e. The maximum absolute atomic E-state index is 12.7. The number of hydrogen-bond donors (Lipinski definition) is 1. The van der Waals surface area contributed by atoms with Gasteiger partial charge in [0.1, 0.15) is 0 Å². The van der Waals surface area contributed by atoms with E-state index in [0.29, 0.717) is 26.2 Å². The van der Waals surface area contributed by atoms with E-state index in [4.69, 9.17) is 18.9 Å². The molecule has 0 radical (unpaired) electrons. The number of nitrogens with one attached hydrogen (secondary N) is 1. The van der Waals surface area contributed by atoms with E-state index in [1.165, 1.54) is 12.8 Å². The minimum absolute atomic E-state index is 0.0113. The standard InChI is InChI=1S/C29H37NO5/c1-4-33-29(34-5-2)21-12-10-20(11-13-21)16-23-17-24(19-30-28(23)31)22-14-15-26(32-3)27(18-22)35-25-8-6-7-9-25/h10-16,18,24-25,29H,4-9,17,19H2,1-3H3,(H,30,31)/t24-/m1/s1. The zero-order valence-corrected chi connectivity index (χ0v) is 21.0. The van der Waals surface area contributed by atoms with Crippen LogP contribution in [0.3, 0.4) is 0 Å². The zero-order chi connectivity index (χ0) is 24.6.